The Hall–Kier alpha value is -3.16. The Morgan fingerprint density at radius 2 is 1.94 bits per heavy atom. The number of hydrogen-bond acceptors (Lipinski definition) is 6. The Morgan fingerprint density at radius 3 is 2.72 bits per heavy atom. The number of nitrogens with zero attached hydrogens (tertiary/aromatic N) is 4. The zero-order valence-corrected chi connectivity index (χ0v) is 18.7. The monoisotopic (exact) mass is 436 g/mol. The van der Waals surface area contributed by atoms with E-state index in [2.05, 4.69) is 36.5 Å². The van der Waals surface area contributed by atoms with Gasteiger partial charge in [-0.25, -0.2) is 4.98 Å². The highest BCUT2D eigenvalue weighted by Crippen LogP contribution is 2.24. The molecule has 2 atom stereocenters. The molecular formula is C24H32N6O2. The van der Waals surface area contributed by atoms with Crippen LogP contribution < -0.4 is 20.4 Å². The molecule has 2 aliphatic rings. The van der Waals surface area contributed by atoms with Crippen molar-refractivity contribution in [3.05, 3.63) is 42.9 Å². The first-order valence-corrected chi connectivity index (χ1v) is 11.5. The number of carbonyl (C=O) groups is 2. The fourth-order valence-corrected chi connectivity index (χ4v) is 4.51. The van der Waals surface area contributed by atoms with Gasteiger partial charge in [0.05, 0.1) is 12.1 Å². The maximum absolute atomic E-state index is 12.8. The Kier molecular flexibility index (Phi) is 7.19. The van der Waals surface area contributed by atoms with Crippen LogP contribution in [0.25, 0.3) is 0 Å². The summed E-state index contributed by atoms with van der Waals surface area (Å²) in [6.07, 6.45) is 9.47. The molecule has 170 valence electrons. The fraction of sp³-hybridized carbons (Fsp3) is 0.500. The summed E-state index contributed by atoms with van der Waals surface area (Å²) in [7, 11) is 0. The lowest BCUT2D eigenvalue weighted by Crippen LogP contribution is -2.46. The standard InChI is InChI=1S/C24H32N6O2/c1-18(14-23(31)28-20-7-4-8-21(15-20)29-11-2-3-12-29)27-24(32)19-6-5-13-30(17-19)22-16-25-9-10-26-22/h4,7-10,15-16,18-19H,2-3,5-6,11-14,17H2,1H3,(H,27,32)(H,28,31). The molecule has 2 aromatic rings. The zero-order chi connectivity index (χ0) is 22.3. The minimum Gasteiger partial charge on any atom is -0.371 e. The molecule has 2 N–H and O–H groups in total. The lowest BCUT2D eigenvalue weighted by atomic mass is 9.96. The second kappa shape index (κ2) is 10.4. The van der Waals surface area contributed by atoms with E-state index in [0.717, 1.165) is 49.7 Å². The molecule has 2 saturated heterocycles. The fourth-order valence-electron chi connectivity index (χ4n) is 4.51. The molecule has 0 aliphatic carbocycles. The van der Waals surface area contributed by atoms with Gasteiger partial charge in [-0.05, 0) is 50.8 Å². The second-order valence-corrected chi connectivity index (χ2v) is 8.76. The molecule has 2 amide bonds. The topological polar surface area (TPSA) is 90.5 Å². The van der Waals surface area contributed by atoms with Crippen molar-refractivity contribution in [3.8, 4) is 0 Å². The van der Waals surface area contributed by atoms with Crippen molar-refractivity contribution < 1.29 is 9.59 Å². The maximum Gasteiger partial charge on any atom is 0.226 e. The van der Waals surface area contributed by atoms with Crippen LogP contribution >= 0.6 is 0 Å². The van der Waals surface area contributed by atoms with Gasteiger partial charge in [-0.3, -0.25) is 14.6 Å². The predicted octanol–water partition coefficient (Wildman–Crippen LogP) is 2.83. The van der Waals surface area contributed by atoms with E-state index in [9.17, 15) is 9.59 Å². The van der Waals surface area contributed by atoms with Crippen molar-refractivity contribution in [1.29, 1.82) is 0 Å². The van der Waals surface area contributed by atoms with Crippen molar-refractivity contribution in [2.75, 3.05) is 41.3 Å². The molecule has 2 fully saturated rings. The summed E-state index contributed by atoms with van der Waals surface area (Å²) in [6, 6.07) is 7.74. The maximum atomic E-state index is 12.8. The highest BCUT2D eigenvalue weighted by molar-refractivity contribution is 5.92. The first kappa shape index (κ1) is 22.0. The van der Waals surface area contributed by atoms with Crippen LogP contribution in [0, 0.1) is 5.92 Å². The third-order valence-corrected chi connectivity index (χ3v) is 6.15. The van der Waals surface area contributed by atoms with Crippen LogP contribution in [-0.4, -0.2) is 54.0 Å². The molecule has 0 spiro atoms. The van der Waals surface area contributed by atoms with Gasteiger partial charge in [-0.1, -0.05) is 6.07 Å². The Labute approximate surface area is 189 Å². The molecular weight excluding hydrogens is 404 g/mol. The second-order valence-electron chi connectivity index (χ2n) is 8.76. The highest BCUT2D eigenvalue weighted by atomic mass is 16.2. The quantitative estimate of drug-likeness (QED) is 0.694. The summed E-state index contributed by atoms with van der Waals surface area (Å²) >= 11 is 0. The van der Waals surface area contributed by atoms with Crippen LogP contribution in [0.15, 0.2) is 42.9 Å². The van der Waals surface area contributed by atoms with Crippen LogP contribution in [0.1, 0.15) is 39.0 Å². The van der Waals surface area contributed by atoms with E-state index < -0.39 is 0 Å². The van der Waals surface area contributed by atoms with Gasteiger partial charge in [-0.2, -0.15) is 0 Å². The molecule has 2 unspecified atom stereocenters. The number of carbonyl (C=O) groups excluding carboxylic acids is 2. The van der Waals surface area contributed by atoms with Gasteiger partial charge >= 0.3 is 0 Å². The summed E-state index contributed by atoms with van der Waals surface area (Å²) in [6.45, 7) is 5.50. The highest BCUT2D eigenvalue weighted by Gasteiger charge is 2.27. The van der Waals surface area contributed by atoms with E-state index in [0.29, 0.717) is 6.54 Å². The summed E-state index contributed by atoms with van der Waals surface area (Å²) in [5, 5.41) is 6.00. The molecule has 32 heavy (non-hydrogen) atoms. The van der Waals surface area contributed by atoms with Crippen molar-refractivity contribution in [2.45, 2.75) is 45.1 Å². The number of benzene rings is 1. The van der Waals surface area contributed by atoms with Gasteiger partial charge in [0.15, 0.2) is 0 Å². The summed E-state index contributed by atoms with van der Waals surface area (Å²) in [5.41, 5.74) is 1.94. The SMILES string of the molecule is CC(CC(=O)Nc1cccc(N2CCCC2)c1)NC(=O)C1CCCN(c2cnccn2)C1. The first-order chi connectivity index (χ1) is 15.6. The molecule has 0 radical (unpaired) electrons. The zero-order valence-electron chi connectivity index (χ0n) is 18.7. The van der Waals surface area contributed by atoms with E-state index in [4.69, 9.17) is 0 Å². The molecule has 3 heterocycles. The van der Waals surface area contributed by atoms with Gasteiger partial charge < -0.3 is 20.4 Å². The number of hydrogen-bond donors (Lipinski definition) is 2. The third kappa shape index (κ3) is 5.75. The number of piperidine rings is 1. The lowest BCUT2D eigenvalue weighted by molar-refractivity contribution is -0.126. The van der Waals surface area contributed by atoms with E-state index in [1.165, 1.54) is 12.8 Å². The molecule has 1 aromatic carbocycles. The first-order valence-electron chi connectivity index (χ1n) is 11.5. The number of nitrogens with one attached hydrogen (secondary N) is 2. The number of rotatable bonds is 7. The minimum atomic E-state index is -0.240. The molecule has 1 aromatic heterocycles. The van der Waals surface area contributed by atoms with E-state index in [1.807, 2.05) is 25.1 Å². The molecule has 0 bridgehead atoms. The van der Waals surface area contributed by atoms with E-state index in [-0.39, 0.29) is 30.2 Å². The minimum absolute atomic E-state index is 0.00470. The van der Waals surface area contributed by atoms with Gasteiger partial charge in [0.2, 0.25) is 11.8 Å². The smallest absolute Gasteiger partial charge is 0.226 e. The Balaban J connectivity index is 1.26. The molecule has 8 nitrogen and oxygen atoms in total. The summed E-state index contributed by atoms with van der Waals surface area (Å²) in [4.78, 5) is 38.3. The Morgan fingerprint density at radius 1 is 1.12 bits per heavy atom. The molecule has 4 rings (SSSR count). The van der Waals surface area contributed by atoms with Crippen LogP contribution in [0.5, 0.6) is 0 Å². The lowest BCUT2D eigenvalue weighted by Gasteiger charge is -2.33. The van der Waals surface area contributed by atoms with Crippen molar-refractivity contribution in [2.24, 2.45) is 5.92 Å². The number of amides is 2. The van der Waals surface area contributed by atoms with Gasteiger partial charge in [-0.15, -0.1) is 0 Å². The normalized spacial score (nSPS) is 19.5. The van der Waals surface area contributed by atoms with E-state index >= 15 is 0 Å². The number of anilines is 3. The van der Waals surface area contributed by atoms with Crippen LogP contribution in [-0.2, 0) is 9.59 Å². The predicted molar refractivity (Wildman–Crippen MR) is 126 cm³/mol. The van der Waals surface area contributed by atoms with Gasteiger partial charge in [0.25, 0.3) is 0 Å². The number of aromatic nitrogens is 2. The molecule has 2 aliphatic heterocycles. The van der Waals surface area contributed by atoms with Gasteiger partial charge in [0.1, 0.15) is 5.82 Å². The van der Waals surface area contributed by atoms with Crippen LogP contribution in [0.3, 0.4) is 0 Å². The Bertz CT molecular complexity index is 916. The van der Waals surface area contributed by atoms with Crippen LogP contribution in [0.4, 0.5) is 17.2 Å². The van der Waals surface area contributed by atoms with Crippen molar-refractivity contribution in [1.82, 2.24) is 15.3 Å². The summed E-state index contributed by atoms with van der Waals surface area (Å²) < 4.78 is 0. The van der Waals surface area contributed by atoms with Crippen LogP contribution in [0.2, 0.25) is 0 Å². The largest absolute Gasteiger partial charge is 0.371 e. The van der Waals surface area contributed by atoms with E-state index in [1.54, 1.807) is 18.6 Å². The van der Waals surface area contributed by atoms with Crippen molar-refractivity contribution in [3.63, 3.8) is 0 Å². The average molecular weight is 437 g/mol. The molecule has 8 heteroatoms. The van der Waals surface area contributed by atoms with Gasteiger partial charge in [0, 0.05) is 62.4 Å². The van der Waals surface area contributed by atoms with Crippen molar-refractivity contribution >= 4 is 29.0 Å². The summed E-state index contributed by atoms with van der Waals surface area (Å²) in [5.74, 6) is 0.582. The molecule has 0 saturated carbocycles. The third-order valence-electron chi connectivity index (χ3n) is 6.15. The average Bonchev–Trinajstić information content (AvgIpc) is 3.35.